The van der Waals surface area contributed by atoms with Crippen molar-refractivity contribution in [3.05, 3.63) is 39.6 Å². The lowest BCUT2D eigenvalue weighted by molar-refractivity contribution is -0.132. The van der Waals surface area contributed by atoms with E-state index in [4.69, 9.17) is 5.11 Å². The number of halogens is 2. The number of benzene rings is 1. The molecule has 0 amide bonds. The van der Waals surface area contributed by atoms with E-state index >= 15 is 0 Å². The highest BCUT2D eigenvalue weighted by atomic mass is 79.9. The van der Waals surface area contributed by atoms with Gasteiger partial charge in [-0.15, -0.1) is 0 Å². The van der Waals surface area contributed by atoms with Crippen LogP contribution in [0.25, 0.3) is 5.57 Å². The number of allylic oxidation sites excluding steroid dienone is 1. The molecule has 1 N–H and O–H groups in total. The first kappa shape index (κ1) is 12.9. The summed E-state index contributed by atoms with van der Waals surface area (Å²) >= 11 is 3.19. The molecule has 2 nitrogen and oxygen atoms in total. The molecule has 0 radical (unpaired) electrons. The van der Waals surface area contributed by atoms with Crippen LogP contribution >= 0.6 is 15.9 Å². The molecule has 1 rings (SSSR count). The summed E-state index contributed by atoms with van der Waals surface area (Å²) in [6.45, 7) is 3.38. The number of carbonyl (C=O) groups is 1. The quantitative estimate of drug-likeness (QED) is 0.857. The van der Waals surface area contributed by atoms with Crippen LogP contribution in [0.5, 0.6) is 0 Å². The van der Waals surface area contributed by atoms with Crippen LogP contribution in [0.1, 0.15) is 25.8 Å². The maximum atomic E-state index is 13.2. The molecule has 0 atom stereocenters. The molecular formula is C12H12BrFO2. The first-order chi connectivity index (χ1) is 7.45. The van der Waals surface area contributed by atoms with Gasteiger partial charge in [-0.1, -0.05) is 22.9 Å². The Labute approximate surface area is 102 Å². The van der Waals surface area contributed by atoms with Gasteiger partial charge in [0.05, 0.1) is 0 Å². The third kappa shape index (κ3) is 2.92. The molecule has 1 aromatic carbocycles. The fourth-order valence-corrected chi connectivity index (χ4v) is 2.01. The minimum Gasteiger partial charge on any atom is -0.478 e. The van der Waals surface area contributed by atoms with Gasteiger partial charge in [-0.25, -0.2) is 9.18 Å². The second kappa shape index (κ2) is 5.25. The van der Waals surface area contributed by atoms with Crippen molar-refractivity contribution in [2.24, 2.45) is 0 Å². The van der Waals surface area contributed by atoms with Crippen LogP contribution in [0.4, 0.5) is 4.39 Å². The molecule has 0 aliphatic rings. The molecule has 4 heteroatoms. The summed E-state index contributed by atoms with van der Waals surface area (Å²) in [5.41, 5.74) is 1.50. The fourth-order valence-electron chi connectivity index (χ4n) is 1.54. The molecule has 0 saturated carbocycles. The highest BCUT2D eigenvalue weighted by Crippen LogP contribution is 2.26. The van der Waals surface area contributed by atoms with Crippen LogP contribution < -0.4 is 0 Å². The molecule has 0 aliphatic carbocycles. The Bertz CT molecular complexity index is 432. The number of carboxylic acids is 1. The van der Waals surface area contributed by atoms with Crippen LogP contribution in [0.3, 0.4) is 0 Å². The first-order valence-electron chi connectivity index (χ1n) is 4.85. The highest BCUT2D eigenvalue weighted by Gasteiger charge is 2.11. The van der Waals surface area contributed by atoms with Gasteiger partial charge in [0.2, 0.25) is 0 Å². The number of rotatable bonds is 3. The van der Waals surface area contributed by atoms with Crippen molar-refractivity contribution in [3.63, 3.8) is 0 Å². The van der Waals surface area contributed by atoms with Crippen LogP contribution in [-0.4, -0.2) is 11.1 Å². The van der Waals surface area contributed by atoms with Crippen LogP contribution in [0.2, 0.25) is 0 Å². The molecule has 86 valence electrons. The Morgan fingerprint density at radius 3 is 2.50 bits per heavy atom. The standard InChI is InChI=1S/C12H12BrFO2/c1-3-11(7(2)12(15)16)8-4-9(13)6-10(14)5-8/h4-6H,3H2,1-2H3,(H,15,16)/b11-7-. The first-order valence-corrected chi connectivity index (χ1v) is 5.64. The third-order valence-electron chi connectivity index (χ3n) is 2.34. The van der Waals surface area contributed by atoms with Gasteiger partial charge in [0.1, 0.15) is 5.82 Å². The van der Waals surface area contributed by atoms with Crippen molar-refractivity contribution in [2.45, 2.75) is 20.3 Å². The zero-order chi connectivity index (χ0) is 12.3. The van der Waals surface area contributed by atoms with Gasteiger partial charge in [-0.05, 0) is 42.7 Å². The Morgan fingerprint density at radius 2 is 2.06 bits per heavy atom. The highest BCUT2D eigenvalue weighted by molar-refractivity contribution is 9.10. The van der Waals surface area contributed by atoms with Crippen molar-refractivity contribution < 1.29 is 14.3 Å². The molecule has 1 aromatic rings. The number of aliphatic carboxylic acids is 1. The van der Waals surface area contributed by atoms with Crippen molar-refractivity contribution >= 4 is 27.5 Å². The van der Waals surface area contributed by atoms with E-state index in [1.807, 2.05) is 6.92 Å². The zero-order valence-electron chi connectivity index (χ0n) is 9.05. The van der Waals surface area contributed by atoms with E-state index in [0.717, 1.165) is 0 Å². The van der Waals surface area contributed by atoms with Gasteiger partial charge in [-0.2, -0.15) is 0 Å². The Hall–Kier alpha value is -1.16. The number of hydrogen-bond acceptors (Lipinski definition) is 1. The molecule has 0 aromatic heterocycles. The second-order valence-corrected chi connectivity index (χ2v) is 4.34. The maximum absolute atomic E-state index is 13.2. The summed E-state index contributed by atoms with van der Waals surface area (Å²) in [7, 11) is 0. The van der Waals surface area contributed by atoms with Gasteiger partial charge in [0, 0.05) is 10.0 Å². The number of carboxylic acid groups (broad SMARTS) is 1. The average molecular weight is 287 g/mol. The summed E-state index contributed by atoms with van der Waals surface area (Å²) < 4.78 is 13.8. The second-order valence-electron chi connectivity index (χ2n) is 3.42. The van der Waals surface area contributed by atoms with Crippen LogP contribution in [0, 0.1) is 5.82 Å². The Kier molecular flexibility index (Phi) is 4.24. The Balaban J connectivity index is 3.34. The topological polar surface area (TPSA) is 37.3 Å². The van der Waals surface area contributed by atoms with E-state index in [9.17, 15) is 9.18 Å². The molecule has 0 bridgehead atoms. The van der Waals surface area contributed by atoms with E-state index < -0.39 is 5.97 Å². The van der Waals surface area contributed by atoms with E-state index in [1.54, 1.807) is 6.07 Å². The summed E-state index contributed by atoms with van der Waals surface area (Å²) in [4.78, 5) is 10.9. The van der Waals surface area contributed by atoms with E-state index in [-0.39, 0.29) is 11.4 Å². The summed E-state index contributed by atoms with van der Waals surface area (Å²) in [6, 6.07) is 4.40. The maximum Gasteiger partial charge on any atom is 0.331 e. The largest absolute Gasteiger partial charge is 0.478 e. The molecular weight excluding hydrogens is 275 g/mol. The molecule has 0 saturated heterocycles. The van der Waals surface area contributed by atoms with E-state index in [1.165, 1.54) is 19.1 Å². The number of hydrogen-bond donors (Lipinski definition) is 1. The van der Waals surface area contributed by atoms with Crippen LogP contribution in [-0.2, 0) is 4.79 Å². The zero-order valence-corrected chi connectivity index (χ0v) is 10.6. The molecule has 0 unspecified atom stereocenters. The normalized spacial score (nSPS) is 12.2. The van der Waals surface area contributed by atoms with Crippen molar-refractivity contribution in [1.29, 1.82) is 0 Å². The Morgan fingerprint density at radius 1 is 1.44 bits per heavy atom. The van der Waals surface area contributed by atoms with Crippen molar-refractivity contribution in [1.82, 2.24) is 0 Å². The van der Waals surface area contributed by atoms with Crippen molar-refractivity contribution in [3.8, 4) is 0 Å². The molecule has 0 spiro atoms. The van der Waals surface area contributed by atoms with E-state index in [0.29, 0.717) is 22.0 Å². The summed E-state index contributed by atoms with van der Waals surface area (Å²) in [5, 5.41) is 8.92. The fraction of sp³-hybridized carbons (Fsp3) is 0.250. The minimum atomic E-state index is -0.975. The monoisotopic (exact) mass is 286 g/mol. The van der Waals surface area contributed by atoms with Gasteiger partial charge in [-0.3, -0.25) is 0 Å². The van der Waals surface area contributed by atoms with Gasteiger partial charge in [0.25, 0.3) is 0 Å². The predicted octanol–water partition coefficient (Wildman–Crippen LogP) is 3.86. The van der Waals surface area contributed by atoms with Gasteiger partial charge >= 0.3 is 5.97 Å². The third-order valence-corrected chi connectivity index (χ3v) is 2.80. The van der Waals surface area contributed by atoms with Crippen molar-refractivity contribution in [2.75, 3.05) is 0 Å². The average Bonchev–Trinajstić information content (AvgIpc) is 2.16. The summed E-state index contributed by atoms with van der Waals surface area (Å²) in [6.07, 6.45) is 0.550. The van der Waals surface area contributed by atoms with Gasteiger partial charge < -0.3 is 5.11 Å². The smallest absolute Gasteiger partial charge is 0.331 e. The van der Waals surface area contributed by atoms with E-state index in [2.05, 4.69) is 15.9 Å². The lowest BCUT2D eigenvalue weighted by Gasteiger charge is -2.08. The minimum absolute atomic E-state index is 0.250. The molecule has 0 heterocycles. The lowest BCUT2D eigenvalue weighted by atomic mass is 9.98. The molecule has 16 heavy (non-hydrogen) atoms. The lowest BCUT2D eigenvalue weighted by Crippen LogP contribution is -2.01. The predicted molar refractivity (Wildman–Crippen MR) is 64.6 cm³/mol. The molecule has 0 fully saturated rings. The molecule has 0 aliphatic heterocycles. The van der Waals surface area contributed by atoms with Gasteiger partial charge in [0.15, 0.2) is 0 Å². The van der Waals surface area contributed by atoms with Crippen LogP contribution in [0.15, 0.2) is 28.2 Å². The SMILES string of the molecule is CC/C(=C(\C)C(=O)O)c1cc(F)cc(Br)c1. The summed E-state index contributed by atoms with van der Waals surface area (Å²) in [5.74, 6) is -1.36.